The van der Waals surface area contributed by atoms with E-state index in [4.69, 9.17) is 0 Å². The number of para-hydroxylation sites is 1. The van der Waals surface area contributed by atoms with Crippen molar-refractivity contribution in [2.45, 2.75) is 19.3 Å². The third-order valence-corrected chi connectivity index (χ3v) is 5.74. The first-order valence-electron chi connectivity index (χ1n) is 8.61. The van der Waals surface area contributed by atoms with E-state index in [1.807, 2.05) is 36.2 Å². The number of hydrogen-bond acceptors (Lipinski definition) is 3. The first kappa shape index (κ1) is 20.2. The molecule has 0 spiro atoms. The minimum Gasteiger partial charge on any atom is -0.342 e. The number of halogens is 2. The Labute approximate surface area is 163 Å². The van der Waals surface area contributed by atoms with Crippen molar-refractivity contribution in [1.29, 1.82) is 0 Å². The van der Waals surface area contributed by atoms with Crippen LogP contribution in [0.2, 0.25) is 0 Å². The van der Waals surface area contributed by atoms with E-state index in [1.165, 1.54) is 0 Å². The summed E-state index contributed by atoms with van der Waals surface area (Å²) < 4.78 is 0.888. The lowest BCUT2D eigenvalue weighted by atomic mass is 9.95. The molecule has 0 aliphatic carbocycles. The lowest BCUT2D eigenvalue weighted by molar-refractivity contribution is -0.141. The van der Waals surface area contributed by atoms with E-state index < -0.39 is 5.92 Å². The summed E-state index contributed by atoms with van der Waals surface area (Å²) in [6, 6.07) is 7.67. The largest absolute Gasteiger partial charge is 0.342 e. The average Bonchev–Trinajstić information content (AvgIpc) is 2.97. The Morgan fingerprint density at radius 1 is 1.20 bits per heavy atom. The van der Waals surface area contributed by atoms with Crippen molar-refractivity contribution in [3.05, 3.63) is 28.7 Å². The maximum atomic E-state index is 12.8. The van der Waals surface area contributed by atoms with Gasteiger partial charge in [-0.15, -0.1) is 12.4 Å². The van der Waals surface area contributed by atoms with Gasteiger partial charge in [0.2, 0.25) is 11.8 Å². The highest BCUT2D eigenvalue weighted by atomic mass is 79.9. The molecule has 0 saturated carbocycles. The summed E-state index contributed by atoms with van der Waals surface area (Å²) in [5, 5.41) is 3.20. The predicted octanol–water partition coefficient (Wildman–Crippen LogP) is 2.68. The first-order valence-corrected chi connectivity index (χ1v) is 9.40. The van der Waals surface area contributed by atoms with Crippen molar-refractivity contribution in [1.82, 2.24) is 10.2 Å². The molecule has 1 aromatic carbocycles. The second-order valence-electron chi connectivity index (χ2n) is 6.61. The van der Waals surface area contributed by atoms with Crippen LogP contribution >= 0.6 is 28.3 Å². The molecule has 1 atom stereocenters. The zero-order chi connectivity index (χ0) is 17.1. The summed E-state index contributed by atoms with van der Waals surface area (Å²) >= 11 is 3.49. The zero-order valence-electron chi connectivity index (χ0n) is 14.4. The molecule has 2 amide bonds. The zero-order valence-corrected chi connectivity index (χ0v) is 16.8. The van der Waals surface area contributed by atoms with E-state index in [-0.39, 0.29) is 24.2 Å². The molecule has 3 rings (SSSR count). The highest BCUT2D eigenvalue weighted by Crippen LogP contribution is 2.32. The average molecular weight is 431 g/mol. The Kier molecular flexibility index (Phi) is 7.28. The van der Waals surface area contributed by atoms with Gasteiger partial charge in [-0.3, -0.25) is 9.59 Å². The van der Waals surface area contributed by atoms with Gasteiger partial charge in [-0.25, -0.2) is 0 Å². The van der Waals surface area contributed by atoms with Crippen LogP contribution < -0.4 is 10.2 Å². The number of carbonyl (C=O) groups excluding carboxylic acids is 2. The number of carbonyl (C=O) groups is 2. The summed E-state index contributed by atoms with van der Waals surface area (Å²) in [5.41, 5.74) is 0.852. The third-order valence-electron chi connectivity index (χ3n) is 5.07. The number of nitrogens with one attached hydrogen (secondary N) is 1. The molecule has 0 aromatic heterocycles. The molecule has 1 aromatic rings. The van der Waals surface area contributed by atoms with Crippen LogP contribution in [0, 0.1) is 11.8 Å². The van der Waals surface area contributed by atoms with Crippen LogP contribution in [0.3, 0.4) is 0 Å². The molecule has 1 N–H and O–H groups in total. The fourth-order valence-electron chi connectivity index (χ4n) is 3.69. The smallest absolute Gasteiger partial charge is 0.239 e. The van der Waals surface area contributed by atoms with Crippen molar-refractivity contribution in [2.24, 2.45) is 11.8 Å². The Morgan fingerprint density at radius 3 is 2.52 bits per heavy atom. The standard InChI is InChI=1S/C18H24BrN3O2.ClH/c1-20-12-13-6-9-21(10-7-13)17(23)14-8-11-22(18(14)24)16-5-3-2-4-15(16)19;/h2-5,13-14,20H,6-12H2,1H3;1H. The molecule has 2 aliphatic rings. The summed E-state index contributed by atoms with van der Waals surface area (Å²) in [6.07, 6.45) is 2.64. The van der Waals surface area contributed by atoms with Crippen LogP contribution in [0.15, 0.2) is 28.7 Å². The van der Waals surface area contributed by atoms with E-state index in [0.717, 1.165) is 42.6 Å². The lowest BCUT2D eigenvalue weighted by Gasteiger charge is -2.33. The maximum Gasteiger partial charge on any atom is 0.239 e. The Morgan fingerprint density at radius 2 is 1.88 bits per heavy atom. The molecular weight excluding hydrogens is 406 g/mol. The van der Waals surface area contributed by atoms with Gasteiger partial charge in [0.1, 0.15) is 5.92 Å². The van der Waals surface area contributed by atoms with Crippen LogP contribution in [0.4, 0.5) is 5.69 Å². The normalized spacial score (nSPS) is 21.4. The van der Waals surface area contributed by atoms with Gasteiger partial charge in [0, 0.05) is 24.1 Å². The molecule has 2 fully saturated rings. The number of anilines is 1. The van der Waals surface area contributed by atoms with Crippen LogP contribution in [0.25, 0.3) is 0 Å². The van der Waals surface area contributed by atoms with Crippen LogP contribution in [-0.4, -0.2) is 49.9 Å². The van der Waals surface area contributed by atoms with Gasteiger partial charge in [0.15, 0.2) is 0 Å². The summed E-state index contributed by atoms with van der Waals surface area (Å²) in [4.78, 5) is 29.2. The van der Waals surface area contributed by atoms with Gasteiger partial charge in [-0.1, -0.05) is 12.1 Å². The number of piperidine rings is 1. The number of hydrogen-bond donors (Lipinski definition) is 1. The quantitative estimate of drug-likeness (QED) is 0.747. The van der Waals surface area contributed by atoms with Gasteiger partial charge < -0.3 is 15.1 Å². The van der Waals surface area contributed by atoms with Crippen molar-refractivity contribution in [2.75, 3.05) is 38.1 Å². The van der Waals surface area contributed by atoms with Gasteiger partial charge in [-0.2, -0.15) is 0 Å². The molecule has 0 radical (unpaired) electrons. The van der Waals surface area contributed by atoms with Crippen LogP contribution in [-0.2, 0) is 9.59 Å². The maximum absolute atomic E-state index is 12.8. The Balaban J connectivity index is 0.00000225. The van der Waals surface area contributed by atoms with Crippen LogP contribution in [0.1, 0.15) is 19.3 Å². The molecule has 2 heterocycles. The van der Waals surface area contributed by atoms with E-state index >= 15 is 0 Å². The monoisotopic (exact) mass is 429 g/mol. The van der Waals surface area contributed by atoms with E-state index in [2.05, 4.69) is 21.2 Å². The summed E-state index contributed by atoms with van der Waals surface area (Å²) in [5.74, 6) is 0.0646. The number of nitrogens with zero attached hydrogens (tertiary/aromatic N) is 2. The highest BCUT2D eigenvalue weighted by molar-refractivity contribution is 9.10. The molecular formula is C18H25BrClN3O2. The van der Waals surface area contributed by atoms with E-state index in [1.54, 1.807) is 4.90 Å². The SMILES string of the molecule is CNCC1CCN(C(=O)C2CCN(c3ccccc3Br)C2=O)CC1.Cl. The molecule has 0 bridgehead atoms. The van der Waals surface area contributed by atoms with Crippen molar-refractivity contribution < 1.29 is 9.59 Å². The predicted molar refractivity (Wildman–Crippen MR) is 105 cm³/mol. The number of rotatable bonds is 4. The fraction of sp³-hybridized carbons (Fsp3) is 0.556. The van der Waals surface area contributed by atoms with Gasteiger partial charge in [0.25, 0.3) is 0 Å². The lowest BCUT2D eigenvalue weighted by Crippen LogP contribution is -2.45. The molecule has 1 unspecified atom stereocenters. The third kappa shape index (κ3) is 4.36. The fourth-order valence-corrected chi connectivity index (χ4v) is 4.18. The molecule has 7 heteroatoms. The molecule has 2 aliphatic heterocycles. The Hall–Kier alpha value is -1.11. The number of amides is 2. The van der Waals surface area contributed by atoms with Crippen molar-refractivity contribution >= 4 is 45.8 Å². The second-order valence-corrected chi connectivity index (χ2v) is 7.46. The topological polar surface area (TPSA) is 52.7 Å². The van der Waals surface area contributed by atoms with Crippen molar-refractivity contribution in [3.63, 3.8) is 0 Å². The van der Waals surface area contributed by atoms with Crippen LogP contribution in [0.5, 0.6) is 0 Å². The number of benzene rings is 1. The Bertz CT molecular complexity index is 620. The molecule has 25 heavy (non-hydrogen) atoms. The van der Waals surface area contributed by atoms with Gasteiger partial charge in [-0.05, 0) is 66.8 Å². The van der Waals surface area contributed by atoms with E-state index in [9.17, 15) is 9.59 Å². The molecule has 5 nitrogen and oxygen atoms in total. The first-order chi connectivity index (χ1) is 11.6. The molecule has 2 saturated heterocycles. The van der Waals surface area contributed by atoms with Crippen molar-refractivity contribution in [3.8, 4) is 0 Å². The molecule has 138 valence electrons. The minimum atomic E-state index is -0.516. The number of likely N-dealkylation sites (tertiary alicyclic amines) is 1. The minimum absolute atomic E-state index is 0. The van der Waals surface area contributed by atoms with Gasteiger partial charge in [0.05, 0.1) is 5.69 Å². The van der Waals surface area contributed by atoms with E-state index in [0.29, 0.717) is 18.9 Å². The summed E-state index contributed by atoms with van der Waals surface area (Å²) in [6.45, 7) is 3.14. The summed E-state index contributed by atoms with van der Waals surface area (Å²) in [7, 11) is 1.96. The second kappa shape index (κ2) is 9.01. The van der Waals surface area contributed by atoms with Gasteiger partial charge >= 0.3 is 0 Å². The highest BCUT2D eigenvalue weighted by Gasteiger charge is 2.40.